The highest BCUT2D eigenvalue weighted by Crippen LogP contribution is 2.29. The van der Waals surface area contributed by atoms with Crippen LogP contribution in [-0.2, 0) is 14.2 Å². The van der Waals surface area contributed by atoms with Crippen molar-refractivity contribution in [1.29, 1.82) is 0 Å². The van der Waals surface area contributed by atoms with Crippen LogP contribution in [0.4, 0.5) is 0 Å². The molecule has 9 atom stereocenters. The second kappa shape index (κ2) is 7.45. The standard InChI is InChI=1S/C12H22O10/c13-1-4-7(16)9(18)10(19)12(21-4)22-11-6(3-15)20-5(2-14)8(11)17/h4-19H,1-3H2/t4-,5-,6-,7+,8-,9+,10-,11-,12+/m1/s1. The Balaban J connectivity index is 2.07. The van der Waals surface area contributed by atoms with Gasteiger partial charge in [0, 0.05) is 0 Å². The van der Waals surface area contributed by atoms with Crippen LogP contribution in [0, 0.1) is 0 Å². The number of rotatable bonds is 5. The van der Waals surface area contributed by atoms with Gasteiger partial charge in [-0.1, -0.05) is 0 Å². The van der Waals surface area contributed by atoms with Crippen molar-refractivity contribution in [2.45, 2.75) is 55.1 Å². The van der Waals surface area contributed by atoms with Crippen molar-refractivity contribution in [3.63, 3.8) is 0 Å². The minimum atomic E-state index is -1.63. The van der Waals surface area contributed by atoms with Gasteiger partial charge < -0.3 is 50.0 Å². The summed E-state index contributed by atoms with van der Waals surface area (Å²) in [5.74, 6) is 0. The van der Waals surface area contributed by atoms with Crippen molar-refractivity contribution in [3.05, 3.63) is 0 Å². The van der Waals surface area contributed by atoms with Crippen LogP contribution in [0.1, 0.15) is 0 Å². The van der Waals surface area contributed by atoms with Crippen LogP contribution >= 0.6 is 0 Å². The van der Waals surface area contributed by atoms with Gasteiger partial charge in [0.1, 0.15) is 48.8 Å². The minimum Gasteiger partial charge on any atom is -0.394 e. The summed E-state index contributed by atoms with van der Waals surface area (Å²) in [6, 6.07) is 0. The monoisotopic (exact) mass is 326 g/mol. The van der Waals surface area contributed by atoms with Crippen molar-refractivity contribution in [2.24, 2.45) is 0 Å². The molecule has 22 heavy (non-hydrogen) atoms. The highest BCUT2D eigenvalue weighted by atomic mass is 16.7. The number of hydrogen-bond acceptors (Lipinski definition) is 10. The van der Waals surface area contributed by atoms with Gasteiger partial charge in [-0.2, -0.15) is 0 Å². The molecule has 0 aromatic carbocycles. The maximum absolute atomic E-state index is 9.99. The highest BCUT2D eigenvalue weighted by molar-refractivity contribution is 4.94. The first-order valence-electron chi connectivity index (χ1n) is 6.95. The summed E-state index contributed by atoms with van der Waals surface area (Å²) in [5, 5.41) is 66.6. The summed E-state index contributed by atoms with van der Waals surface area (Å²) in [6.07, 6.45) is -11.7. The van der Waals surface area contributed by atoms with Crippen LogP contribution in [0.5, 0.6) is 0 Å². The first-order chi connectivity index (χ1) is 10.4. The maximum Gasteiger partial charge on any atom is 0.187 e. The molecule has 2 fully saturated rings. The fraction of sp³-hybridized carbons (Fsp3) is 1.00. The fourth-order valence-electron chi connectivity index (χ4n) is 2.61. The molecule has 0 aliphatic carbocycles. The van der Waals surface area contributed by atoms with Crippen molar-refractivity contribution in [2.75, 3.05) is 19.8 Å². The summed E-state index contributed by atoms with van der Waals surface area (Å²) in [4.78, 5) is 0. The van der Waals surface area contributed by atoms with E-state index in [1.54, 1.807) is 0 Å². The zero-order valence-electron chi connectivity index (χ0n) is 11.7. The lowest BCUT2D eigenvalue weighted by molar-refractivity contribution is -0.318. The van der Waals surface area contributed by atoms with E-state index in [0.29, 0.717) is 0 Å². The minimum absolute atomic E-state index is 0.494. The van der Waals surface area contributed by atoms with Crippen LogP contribution in [0.15, 0.2) is 0 Å². The molecule has 2 saturated heterocycles. The van der Waals surface area contributed by atoms with E-state index in [1.807, 2.05) is 0 Å². The Bertz CT molecular complexity index is 351. The van der Waals surface area contributed by atoms with Crippen molar-refractivity contribution < 1.29 is 50.0 Å². The van der Waals surface area contributed by atoms with Gasteiger partial charge in [-0.15, -0.1) is 0 Å². The van der Waals surface area contributed by atoms with Crippen LogP contribution in [0.25, 0.3) is 0 Å². The molecule has 7 N–H and O–H groups in total. The number of hydrogen-bond donors (Lipinski definition) is 7. The summed E-state index contributed by atoms with van der Waals surface area (Å²) >= 11 is 0. The first kappa shape index (κ1) is 17.9. The number of aliphatic hydroxyl groups excluding tert-OH is 7. The van der Waals surface area contributed by atoms with Gasteiger partial charge >= 0.3 is 0 Å². The molecule has 0 aromatic rings. The Hall–Kier alpha value is -0.400. The van der Waals surface area contributed by atoms with E-state index in [0.717, 1.165) is 0 Å². The predicted molar refractivity (Wildman–Crippen MR) is 67.5 cm³/mol. The summed E-state index contributed by atoms with van der Waals surface area (Å²) in [6.45, 7) is -1.61. The van der Waals surface area contributed by atoms with Crippen molar-refractivity contribution >= 4 is 0 Å². The summed E-state index contributed by atoms with van der Waals surface area (Å²) < 4.78 is 15.7. The second-order valence-corrected chi connectivity index (χ2v) is 5.37. The lowest BCUT2D eigenvalue weighted by Crippen LogP contribution is -2.60. The average Bonchev–Trinajstić information content (AvgIpc) is 2.83. The Kier molecular flexibility index (Phi) is 6.07. The third kappa shape index (κ3) is 3.26. The lowest BCUT2D eigenvalue weighted by atomic mass is 9.99. The maximum atomic E-state index is 9.99. The topological polar surface area (TPSA) is 169 Å². The van der Waals surface area contributed by atoms with Crippen LogP contribution in [0.2, 0.25) is 0 Å². The molecule has 130 valence electrons. The molecule has 2 rings (SSSR count). The van der Waals surface area contributed by atoms with Gasteiger partial charge in [-0.3, -0.25) is 0 Å². The molecule has 0 radical (unpaired) electrons. The molecule has 0 unspecified atom stereocenters. The normalized spacial score (nSPS) is 49.5. The van der Waals surface area contributed by atoms with Crippen LogP contribution in [0.3, 0.4) is 0 Å². The fourth-order valence-corrected chi connectivity index (χ4v) is 2.61. The largest absolute Gasteiger partial charge is 0.394 e. The summed E-state index contributed by atoms with van der Waals surface area (Å²) in [5.41, 5.74) is 0. The zero-order chi connectivity index (χ0) is 16.4. The van der Waals surface area contributed by atoms with Crippen molar-refractivity contribution in [1.82, 2.24) is 0 Å². The predicted octanol–water partition coefficient (Wildman–Crippen LogP) is -4.72. The molecule has 0 saturated carbocycles. The van der Waals surface area contributed by atoms with E-state index in [-0.39, 0.29) is 0 Å². The smallest absolute Gasteiger partial charge is 0.187 e. The van der Waals surface area contributed by atoms with E-state index in [4.69, 9.17) is 24.4 Å². The average molecular weight is 326 g/mol. The molecule has 0 spiro atoms. The van der Waals surface area contributed by atoms with E-state index in [9.17, 15) is 25.5 Å². The van der Waals surface area contributed by atoms with Crippen LogP contribution in [-0.4, -0.2) is 111 Å². The molecule has 2 aliphatic heterocycles. The van der Waals surface area contributed by atoms with Gasteiger partial charge in [-0.05, 0) is 0 Å². The Morgan fingerprint density at radius 2 is 1.18 bits per heavy atom. The van der Waals surface area contributed by atoms with E-state index >= 15 is 0 Å². The third-order valence-corrected chi connectivity index (χ3v) is 3.93. The Morgan fingerprint density at radius 3 is 1.73 bits per heavy atom. The van der Waals surface area contributed by atoms with Crippen molar-refractivity contribution in [3.8, 4) is 0 Å². The Labute approximate surface area is 126 Å². The number of aliphatic hydroxyl groups is 7. The molecule has 2 aliphatic rings. The van der Waals surface area contributed by atoms with Gasteiger partial charge in [0.2, 0.25) is 0 Å². The van der Waals surface area contributed by atoms with E-state index in [2.05, 4.69) is 0 Å². The summed E-state index contributed by atoms with van der Waals surface area (Å²) in [7, 11) is 0. The molecule has 10 heteroatoms. The van der Waals surface area contributed by atoms with E-state index < -0.39 is 74.9 Å². The number of ether oxygens (including phenoxy) is 3. The molecular weight excluding hydrogens is 304 g/mol. The van der Waals surface area contributed by atoms with Crippen LogP contribution < -0.4 is 0 Å². The molecule has 0 bridgehead atoms. The molecular formula is C12H22O10. The highest BCUT2D eigenvalue weighted by Gasteiger charge is 2.50. The molecule has 10 nitrogen and oxygen atoms in total. The molecule has 0 aromatic heterocycles. The van der Waals surface area contributed by atoms with Gasteiger partial charge in [0.15, 0.2) is 6.29 Å². The SMILES string of the molecule is OC[C@H]1O[C@@H](O[C@H]2[C@H](O)[C@@H](CO)O[C@@H]2CO)[C@H](O)[C@@H](O)[C@H]1O. The first-order valence-corrected chi connectivity index (χ1v) is 6.95. The third-order valence-electron chi connectivity index (χ3n) is 3.93. The second-order valence-electron chi connectivity index (χ2n) is 5.37. The zero-order valence-corrected chi connectivity index (χ0v) is 11.7. The van der Waals surface area contributed by atoms with E-state index in [1.165, 1.54) is 0 Å². The molecule has 2 heterocycles. The quantitative estimate of drug-likeness (QED) is 0.260. The lowest BCUT2D eigenvalue weighted by Gasteiger charge is -2.41. The van der Waals surface area contributed by atoms with Gasteiger partial charge in [-0.25, -0.2) is 0 Å². The Morgan fingerprint density at radius 1 is 0.636 bits per heavy atom. The molecule has 0 amide bonds. The van der Waals surface area contributed by atoms with Gasteiger partial charge in [0.25, 0.3) is 0 Å². The van der Waals surface area contributed by atoms with Gasteiger partial charge in [0.05, 0.1) is 19.8 Å².